The zero-order chi connectivity index (χ0) is 16.1. The molecule has 0 aliphatic heterocycles. The van der Waals surface area contributed by atoms with E-state index in [9.17, 15) is 15.3 Å². The highest BCUT2D eigenvalue weighted by Crippen LogP contribution is 2.47. The van der Waals surface area contributed by atoms with Crippen molar-refractivity contribution < 1.29 is 24.8 Å². The number of hydrogen-bond donors (Lipinski definition) is 3. The second-order valence-electron chi connectivity index (χ2n) is 6.12. The Hall–Kier alpha value is -1.98. The van der Waals surface area contributed by atoms with Gasteiger partial charge in [-0.05, 0) is 23.9 Å². The molecule has 2 atom stereocenters. The SMILES string of the molecule is COc1cc(O)c2c(OC)c3c(cc2c1)C[C@](C)(O)C[C@@H]3O. The summed E-state index contributed by atoms with van der Waals surface area (Å²) in [5.41, 5.74) is 0.495. The van der Waals surface area contributed by atoms with Crippen molar-refractivity contribution in [2.45, 2.75) is 31.5 Å². The van der Waals surface area contributed by atoms with E-state index in [1.54, 1.807) is 13.0 Å². The maximum Gasteiger partial charge on any atom is 0.136 e. The largest absolute Gasteiger partial charge is 0.507 e. The summed E-state index contributed by atoms with van der Waals surface area (Å²) in [5, 5.41) is 32.3. The third-order valence-electron chi connectivity index (χ3n) is 4.25. The lowest BCUT2D eigenvalue weighted by Gasteiger charge is -2.34. The van der Waals surface area contributed by atoms with Gasteiger partial charge in [0.1, 0.15) is 17.2 Å². The molecule has 2 aromatic carbocycles. The lowest BCUT2D eigenvalue weighted by molar-refractivity contribution is -0.00814. The van der Waals surface area contributed by atoms with Gasteiger partial charge in [-0.15, -0.1) is 0 Å². The van der Waals surface area contributed by atoms with Gasteiger partial charge in [-0.1, -0.05) is 6.07 Å². The topological polar surface area (TPSA) is 79.2 Å². The molecule has 0 aromatic heterocycles. The van der Waals surface area contributed by atoms with E-state index < -0.39 is 11.7 Å². The van der Waals surface area contributed by atoms with E-state index in [-0.39, 0.29) is 12.2 Å². The van der Waals surface area contributed by atoms with Crippen LogP contribution in [0.2, 0.25) is 0 Å². The molecule has 0 fully saturated rings. The second kappa shape index (κ2) is 5.04. The van der Waals surface area contributed by atoms with E-state index in [1.807, 2.05) is 6.07 Å². The first-order chi connectivity index (χ1) is 10.4. The van der Waals surface area contributed by atoms with Crippen molar-refractivity contribution in [2.75, 3.05) is 14.2 Å². The molecule has 0 unspecified atom stereocenters. The average Bonchev–Trinajstić information content (AvgIpc) is 2.43. The molecule has 22 heavy (non-hydrogen) atoms. The summed E-state index contributed by atoms with van der Waals surface area (Å²) >= 11 is 0. The number of phenolic OH excluding ortho intramolecular Hbond substituents is 1. The van der Waals surface area contributed by atoms with Crippen molar-refractivity contribution in [3.63, 3.8) is 0 Å². The van der Waals surface area contributed by atoms with E-state index in [2.05, 4.69) is 0 Å². The Balaban J connectivity index is 2.35. The summed E-state index contributed by atoms with van der Waals surface area (Å²) < 4.78 is 10.7. The molecule has 0 bridgehead atoms. The summed E-state index contributed by atoms with van der Waals surface area (Å²) in [5.74, 6) is 1.03. The first kappa shape index (κ1) is 14.9. The summed E-state index contributed by atoms with van der Waals surface area (Å²) in [4.78, 5) is 0. The highest BCUT2D eigenvalue weighted by Gasteiger charge is 2.36. The van der Waals surface area contributed by atoms with E-state index in [0.717, 1.165) is 10.9 Å². The molecule has 0 saturated carbocycles. The number of methoxy groups -OCH3 is 2. The number of rotatable bonds is 2. The quantitative estimate of drug-likeness (QED) is 0.793. The molecule has 1 aliphatic carbocycles. The van der Waals surface area contributed by atoms with Crippen LogP contribution in [-0.2, 0) is 6.42 Å². The van der Waals surface area contributed by atoms with Crippen molar-refractivity contribution in [3.05, 3.63) is 29.3 Å². The Kier molecular flexibility index (Phi) is 3.42. The van der Waals surface area contributed by atoms with Crippen LogP contribution in [0, 0.1) is 0 Å². The Morgan fingerprint density at radius 3 is 2.55 bits per heavy atom. The summed E-state index contributed by atoms with van der Waals surface area (Å²) in [6, 6.07) is 5.18. The Morgan fingerprint density at radius 2 is 1.91 bits per heavy atom. The smallest absolute Gasteiger partial charge is 0.136 e. The number of fused-ring (bicyclic) bond motifs is 2. The molecule has 3 N–H and O–H groups in total. The van der Waals surface area contributed by atoms with Gasteiger partial charge in [0.15, 0.2) is 0 Å². The number of aliphatic hydroxyl groups is 2. The summed E-state index contributed by atoms with van der Waals surface area (Å²) in [6.45, 7) is 1.71. The molecule has 1 aliphatic rings. The summed E-state index contributed by atoms with van der Waals surface area (Å²) in [6.07, 6.45) is -0.178. The van der Waals surface area contributed by atoms with Crippen molar-refractivity contribution in [1.82, 2.24) is 0 Å². The van der Waals surface area contributed by atoms with Gasteiger partial charge < -0.3 is 24.8 Å². The second-order valence-corrected chi connectivity index (χ2v) is 6.12. The minimum atomic E-state index is -0.966. The Morgan fingerprint density at radius 1 is 1.18 bits per heavy atom. The molecule has 118 valence electrons. The zero-order valence-corrected chi connectivity index (χ0v) is 12.9. The number of ether oxygens (including phenoxy) is 2. The Labute approximate surface area is 128 Å². The van der Waals surface area contributed by atoms with Gasteiger partial charge in [0, 0.05) is 24.5 Å². The van der Waals surface area contributed by atoms with Crippen molar-refractivity contribution >= 4 is 10.8 Å². The zero-order valence-electron chi connectivity index (χ0n) is 12.9. The lowest BCUT2D eigenvalue weighted by atomic mass is 9.78. The van der Waals surface area contributed by atoms with Gasteiger partial charge in [-0.25, -0.2) is 0 Å². The molecular formula is C17H20O5. The van der Waals surface area contributed by atoms with Crippen LogP contribution in [0.3, 0.4) is 0 Å². The minimum absolute atomic E-state index is 0.0403. The van der Waals surface area contributed by atoms with Gasteiger partial charge in [0.2, 0.25) is 0 Å². The molecular weight excluding hydrogens is 284 g/mol. The number of aliphatic hydroxyl groups excluding tert-OH is 1. The fourth-order valence-electron chi connectivity index (χ4n) is 3.37. The van der Waals surface area contributed by atoms with E-state index in [1.165, 1.54) is 20.3 Å². The molecule has 0 saturated heterocycles. The lowest BCUT2D eigenvalue weighted by Crippen LogP contribution is -2.34. The predicted octanol–water partition coefficient (Wildman–Crippen LogP) is 2.29. The van der Waals surface area contributed by atoms with Crippen LogP contribution in [0.4, 0.5) is 0 Å². The van der Waals surface area contributed by atoms with E-state index >= 15 is 0 Å². The Bertz CT molecular complexity index is 736. The van der Waals surface area contributed by atoms with E-state index in [4.69, 9.17) is 9.47 Å². The average molecular weight is 304 g/mol. The van der Waals surface area contributed by atoms with Gasteiger partial charge in [-0.3, -0.25) is 0 Å². The van der Waals surface area contributed by atoms with Crippen LogP contribution < -0.4 is 9.47 Å². The fourth-order valence-corrected chi connectivity index (χ4v) is 3.37. The molecule has 0 spiro atoms. The maximum absolute atomic E-state index is 10.4. The van der Waals surface area contributed by atoms with Crippen molar-refractivity contribution in [2.24, 2.45) is 0 Å². The van der Waals surface area contributed by atoms with Crippen LogP contribution in [-0.4, -0.2) is 35.1 Å². The predicted molar refractivity (Wildman–Crippen MR) is 82.6 cm³/mol. The minimum Gasteiger partial charge on any atom is -0.507 e. The molecule has 3 rings (SSSR count). The maximum atomic E-state index is 10.4. The monoisotopic (exact) mass is 304 g/mol. The highest BCUT2D eigenvalue weighted by molar-refractivity contribution is 5.96. The molecule has 2 aromatic rings. The van der Waals surface area contributed by atoms with Crippen molar-refractivity contribution in [3.8, 4) is 17.2 Å². The standard InChI is InChI=1S/C17H20O5/c1-17(20)7-10-4-9-5-11(21-2)6-12(18)14(9)16(22-3)15(10)13(19)8-17/h4-6,13,18-20H,7-8H2,1-3H3/t13-,17-/m0/s1. The van der Waals surface area contributed by atoms with Crippen LogP contribution in [0.25, 0.3) is 10.8 Å². The van der Waals surface area contributed by atoms with Crippen LogP contribution >= 0.6 is 0 Å². The van der Waals surface area contributed by atoms with Gasteiger partial charge in [-0.2, -0.15) is 0 Å². The normalized spacial score (nSPS) is 24.1. The molecule has 0 radical (unpaired) electrons. The first-order valence-electron chi connectivity index (χ1n) is 7.17. The summed E-state index contributed by atoms with van der Waals surface area (Å²) in [7, 11) is 3.04. The third kappa shape index (κ3) is 2.26. The van der Waals surface area contributed by atoms with Crippen LogP contribution in [0.1, 0.15) is 30.6 Å². The van der Waals surface area contributed by atoms with Crippen molar-refractivity contribution in [1.29, 1.82) is 0 Å². The number of benzene rings is 2. The van der Waals surface area contributed by atoms with Gasteiger partial charge in [0.25, 0.3) is 0 Å². The molecule has 0 amide bonds. The molecule has 5 nitrogen and oxygen atoms in total. The highest BCUT2D eigenvalue weighted by atomic mass is 16.5. The molecule has 0 heterocycles. The molecule has 5 heteroatoms. The van der Waals surface area contributed by atoms with Crippen LogP contribution in [0.15, 0.2) is 18.2 Å². The fraction of sp³-hybridized carbons (Fsp3) is 0.412. The number of aromatic hydroxyl groups is 1. The van der Waals surface area contributed by atoms with E-state index in [0.29, 0.717) is 28.9 Å². The third-order valence-corrected chi connectivity index (χ3v) is 4.25. The van der Waals surface area contributed by atoms with Gasteiger partial charge >= 0.3 is 0 Å². The number of phenols is 1. The van der Waals surface area contributed by atoms with Gasteiger partial charge in [0.05, 0.1) is 31.3 Å². The number of hydrogen-bond acceptors (Lipinski definition) is 5. The first-order valence-corrected chi connectivity index (χ1v) is 7.17. The van der Waals surface area contributed by atoms with Crippen LogP contribution in [0.5, 0.6) is 17.2 Å².